The van der Waals surface area contributed by atoms with E-state index in [1.54, 1.807) is 28.1 Å². The average molecular weight is 540 g/mol. The Bertz CT molecular complexity index is 1270. The molecule has 5 rings (SSSR count). The predicted octanol–water partition coefficient (Wildman–Crippen LogP) is 3.99. The fourth-order valence-electron chi connectivity index (χ4n) is 4.62. The Hall–Kier alpha value is -3.99. The minimum Gasteiger partial charge on any atom is -0.490 e. The monoisotopic (exact) mass is 539 g/mol. The number of likely N-dealkylation sites (tertiary alicyclic amines) is 1. The number of hydrogen-bond donors (Lipinski definition) is 1. The van der Waals surface area contributed by atoms with Crippen molar-refractivity contribution in [3.8, 4) is 5.75 Å². The van der Waals surface area contributed by atoms with E-state index < -0.39 is 11.7 Å². The van der Waals surface area contributed by atoms with Crippen molar-refractivity contribution in [2.45, 2.75) is 31.5 Å². The molecule has 2 aliphatic rings. The summed E-state index contributed by atoms with van der Waals surface area (Å²) >= 11 is 0. The maximum Gasteiger partial charge on any atom is 0.416 e. The molecule has 2 aromatic carbocycles. The van der Waals surface area contributed by atoms with Crippen LogP contribution in [0.3, 0.4) is 0 Å². The summed E-state index contributed by atoms with van der Waals surface area (Å²) in [4.78, 5) is 29.1. The molecule has 0 saturated carbocycles. The predicted molar refractivity (Wildman–Crippen MR) is 137 cm³/mol. The zero-order valence-corrected chi connectivity index (χ0v) is 21.1. The van der Waals surface area contributed by atoms with Gasteiger partial charge in [-0.05, 0) is 54.1 Å². The standard InChI is InChI=1S/C28H28F3N5O3/c29-28(30,31)21-5-3-19(4-6-21)16-26(37)35-14-11-24(12-15-35)39-23-9-7-22(8-10-23)36(25-2-1-13-33-34-25)27(38)20-17-32-18-20/h1-10,13,20,24,32H,11-12,14-18H2. The molecule has 0 aliphatic carbocycles. The quantitative estimate of drug-likeness (QED) is 0.489. The molecule has 1 N–H and O–H groups in total. The van der Waals surface area contributed by atoms with Gasteiger partial charge in [-0.1, -0.05) is 12.1 Å². The van der Waals surface area contributed by atoms with Gasteiger partial charge >= 0.3 is 6.18 Å². The molecule has 39 heavy (non-hydrogen) atoms. The average Bonchev–Trinajstić information content (AvgIpc) is 2.90. The molecule has 2 amide bonds. The molecule has 0 unspecified atom stereocenters. The molecule has 2 aliphatic heterocycles. The number of nitrogens with zero attached hydrogens (tertiary/aromatic N) is 4. The van der Waals surface area contributed by atoms with Gasteiger partial charge in [0.2, 0.25) is 11.8 Å². The Kier molecular flexibility index (Phi) is 7.78. The first-order chi connectivity index (χ1) is 18.8. The molecular formula is C28H28F3N5O3. The highest BCUT2D eigenvalue weighted by molar-refractivity contribution is 6.01. The van der Waals surface area contributed by atoms with Crippen molar-refractivity contribution in [3.05, 3.63) is 78.0 Å². The number of nitrogens with one attached hydrogen (secondary N) is 1. The summed E-state index contributed by atoms with van der Waals surface area (Å²) < 4.78 is 44.4. The Morgan fingerprint density at radius 3 is 2.26 bits per heavy atom. The first-order valence-electron chi connectivity index (χ1n) is 12.8. The Morgan fingerprint density at radius 2 is 1.69 bits per heavy atom. The fraction of sp³-hybridized carbons (Fsp3) is 0.357. The second-order valence-corrected chi connectivity index (χ2v) is 9.67. The molecule has 204 valence electrons. The van der Waals surface area contributed by atoms with Crippen LogP contribution < -0.4 is 15.0 Å². The molecule has 11 heteroatoms. The van der Waals surface area contributed by atoms with Gasteiger partial charge in [0.25, 0.3) is 0 Å². The van der Waals surface area contributed by atoms with Gasteiger partial charge in [-0.3, -0.25) is 14.5 Å². The number of ether oxygens (including phenoxy) is 1. The number of rotatable bonds is 7. The summed E-state index contributed by atoms with van der Waals surface area (Å²) in [6.45, 7) is 2.27. The lowest BCUT2D eigenvalue weighted by molar-refractivity contribution is -0.137. The van der Waals surface area contributed by atoms with E-state index in [-0.39, 0.29) is 30.3 Å². The lowest BCUT2D eigenvalue weighted by Crippen LogP contribution is -2.51. The van der Waals surface area contributed by atoms with Crippen LogP contribution in [0.1, 0.15) is 24.0 Å². The molecule has 2 saturated heterocycles. The van der Waals surface area contributed by atoms with E-state index in [0.29, 0.717) is 61.8 Å². The van der Waals surface area contributed by atoms with Crippen LogP contribution in [0.2, 0.25) is 0 Å². The van der Waals surface area contributed by atoms with Crippen molar-refractivity contribution in [1.29, 1.82) is 0 Å². The minimum atomic E-state index is -4.40. The van der Waals surface area contributed by atoms with Crippen molar-refractivity contribution in [3.63, 3.8) is 0 Å². The van der Waals surface area contributed by atoms with Crippen molar-refractivity contribution >= 4 is 23.3 Å². The molecule has 0 spiro atoms. The highest BCUT2D eigenvalue weighted by Crippen LogP contribution is 2.30. The second kappa shape index (κ2) is 11.4. The number of hydrogen-bond acceptors (Lipinski definition) is 6. The van der Waals surface area contributed by atoms with E-state index in [0.717, 1.165) is 12.1 Å². The van der Waals surface area contributed by atoms with Crippen LogP contribution in [0, 0.1) is 5.92 Å². The van der Waals surface area contributed by atoms with E-state index >= 15 is 0 Å². The first-order valence-corrected chi connectivity index (χ1v) is 12.8. The zero-order chi connectivity index (χ0) is 27.4. The number of amides is 2. The van der Waals surface area contributed by atoms with E-state index in [4.69, 9.17) is 4.74 Å². The minimum absolute atomic E-state index is 0.0451. The molecule has 3 aromatic rings. The number of anilines is 2. The third-order valence-corrected chi connectivity index (χ3v) is 6.97. The van der Waals surface area contributed by atoms with Gasteiger partial charge in [-0.25, -0.2) is 0 Å². The van der Waals surface area contributed by atoms with Gasteiger partial charge in [0.1, 0.15) is 11.9 Å². The molecule has 2 fully saturated rings. The SMILES string of the molecule is O=C(Cc1ccc(C(F)(F)F)cc1)N1CCC(Oc2ccc(N(C(=O)C3CNC3)c3cccnn3)cc2)CC1. The Balaban J connectivity index is 1.15. The maximum absolute atomic E-state index is 13.1. The normalized spacial score (nSPS) is 16.4. The zero-order valence-electron chi connectivity index (χ0n) is 21.1. The number of benzene rings is 2. The van der Waals surface area contributed by atoms with E-state index in [1.807, 2.05) is 24.3 Å². The molecular weight excluding hydrogens is 511 g/mol. The summed E-state index contributed by atoms with van der Waals surface area (Å²) in [5, 5.41) is 11.2. The van der Waals surface area contributed by atoms with Gasteiger partial charge in [0, 0.05) is 45.2 Å². The molecule has 1 aromatic heterocycles. The summed E-state index contributed by atoms with van der Waals surface area (Å²) in [5.74, 6) is 0.834. The van der Waals surface area contributed by atoms with E-state index in [2.05, 4.69) is 15.5 Å². The second-order valence-electron chi connectivity index (χ2n) is 9.67. The summed E-state index contributed by atoms with van der Waals surface area (Å²) in [7, 11) is 0. The van der Waals surface area contributed by atoms with Crippen LogP contribution in [-0.2, 0) is 22.2 Å². The molecule has 8 nitrogen and oxygen atoms in total. The number of piperidine rings is 1. The summed E-state index contributed by atoms with van der Waals surface area (Å²) in [6, 6.07) is 15.4. The van der Waals surface area contributed by atoms with Crippen LogP contribution in [0.15, 0.2) is 66.9 Å². The third kappa shape index (κ3) is 6.36. The van der Waals surface area contributed by atoms with Crippen LogP contribution in [-0.4, -0.2) is 59.2 Å². The number of carbonyl (C=O) groups is 2. The highest BCUT2D eigenvalue weighted by atomic mass is 19.4. The Morgan fingerprint density at radius 1 is 1.00 bits per heavy atom. The van der Waals surface area contributed by atoms with Crippen molar-refractivity contribution in [1.82, 2.24) is 20.4 Å². The molecule has 0 atom stereocenters. The summed E-state index contributed by atoms with van der Waals surface area (Å²) in [5.41, 5.74) is 0.492. The third-order valence-electron chi connectivity index (χ3n) is 6.97. The maximum atomic E-state index is 13.1. The van der Waals surface area contributed by atoms with Gasteiger partial charge in [0.15, 0.2) is 5.82 Å². The van der Waals surface area contributed by atoms with Crippen molar-refractivity contribution in [2.75, 3.05) is 31.1 Å². The number of halogens is 3. The van der Waals surface area contributed by atoms with Crippen LogP contribution in [0.25, 0.3) is 0 Å². The molecule has 0 bridgehead atoms. The van der Waals surface area contributed by atoms with E-state index in [1.165, 1.54) is 12.1 Å². The largest absolute Gasteiger partial charge is 0.490 e. The van der Waals surface area contributed by atoms with Crippen LogP contribution in [0.4, 0.5) is 24.7 Å². The number of alkyl halides is 3. The Labute approximate surface area is 223 Å². The van der Waals surface area contributed by atoms with Gasteiger partial charge < -0.3 is 15.0 Å². The number of aromatic nitrogens is 2. The van der Waals surface area contributed by atoms with Gasteiger partial charge in [-0.2, -0.15) is 18.3 Å². The lowest BCUT2D eigenvalue weighted by atomic mass is 10.0. The molecule has 0 radical (unpaired) electrons. The smallest absolute Gasteiger partial charge is 0.416 e. The van der Waals surface area contributed by atoms with Gasteiger partial charge in [0.05, 0.1) is 23.6 Å². The fourth-order valence-corrected chi connectivity index (χ4v) is 4.62. The van der Waals surface area contributed by atoms with Crippen molar-refractivity contribution in [2.24, 2.45) is 5.92 Å². The first kappa shape index (κ1) is 26.6. The van der Waals surface area contributed by atoms with Gasteiger partial charge in [-0.15, -0.1) is 5.10 Å². The van der Waals surface area contributed by atoms with E-state index in [9.17, 15) is 22.8 Å². The van der Waals surface area contributed by atoms with Crippen LogP contribution in [0.5, 0.6) is 5.75 Å². The lowest BCUT2D eigenvalue weighted by Gasteiger charge is -2.33. The number of carbonyl (C=O) groups excluding carboxylic acids is 2. The topological polar surface area (TPSA) is 87.7 Å². The van der Waals surface area contributed by atoms with Crippen LogP contribution >= 0.6 is 0 Å². The highest BCUT2D eigenvalue weighted by Gasteiger charge is 2.32. The summed E-state index contributed by atoms with van der Waals surface area (Å²) in [6.07, 6.45) is -1.58. The molecule has 3 heterocycles. The van der Waals surface area contributed by atoms with Crippen molar-refractivity contribution < 1.29 is 27.5 Å².